The second kappa shape index (κ2) is 6.71. The number of rotatable bonds is 4. The number of nitrogen functional groups attached to an aromatic ring is 1. The van der Waals surface area contributed by atoms with Crippen LogP contribution in [0, 0.1) is 11.3 Å². The van der Waals surface area contributed by atoms with Crippen molar-refractivity contribution in [1.29, 1.82) is 5.41 Å². The number of nitrogens with two attached hydrogens (primary N) is 1. The number of hydrogen-bond donors (Lipinski definition) is 2. The third-order valence-electron chi connectivity index (χ3n) is 4.22. The number of nitrogens with one attached hydrogen (secondary N) is 1. The van der Waals surface area contributed by atoms with Crippen molar-refractivity contribution in [2.24, 2.45) is 11.7 Å². The average Bonchev–Trinajstić information content (AvgIpc) is 2.64. The molecule has 1 aliphatic heterocycles. The molecule has 1 atom stereocenters. The smallest absolute Gasteiger partial charge is 0.123 e. The van der Waals surface area contributed by atoms with E-state index in [0.29, 0.717) is 0 Å². The van der Waals surface area contributed by atoms with Gasteiger partial charge >= 0.3 is 0 Å². The Balaban J connectivity index is 2.03. The predicted octanol–water partition coefficient (Wildman–Crippen LogP) is 2.98. The van der Waals surface area contributed by atoms with Gasteiger partial charge in [0.1, 0.15) is 5.84 Å². The van der Waals surface area contributed by atoms with Gasteiger partial charge in [-0.15, -0.1) is 0 Å². The van der Waals surface area contributed by atoms with Crippen molar-refractivity contribution in [3.05, 3.63) is 35.4 Å². The highest BCUT2D eigenvalue weighted by Crippen LogP contribution is 2.22. The number of likely N-dealkylation sites (tertiary alicyclic amines) is 1. The summed E-state index contributed by atoms with van der Waals surface area (Å²) in [7, 11) is 0. The van der Waals surface area contributed by atoms with Crippen molar-refractivity contribution >= 4 is 5.84 Å². The van der Waals surface area contributed by atoms with Gasteiger partial charge in [-0.1, -0.05) is 37.6 Å². The molecule has 0 aromatic heterocycles. The lowest BCUT2D eigenvalue weighted by molar-refractivity contribution is 0.272. The van der Waals surface area contributed by atoms with Crippen LogP contribution in [0.5, 0.6) is 0 Å². The molecule has 1 saturated heterocycles. The summed E-state index contributed by atoms with van der Waals surface area (Å²) >= 11 is 0. The first-order valence-corrected chi connectivity index (χ1v) is 7.35. The molecule has 0 amide bonds. The lowest BCUT2D eigenvalue weighted by Crippen LogP contribution is -2.26. The lowest BCUT2D eigenvalue weighted by Gasteiger charge is -2.21. The minimum Gasteiger partial charge on any atom is -0.384 e. The van der Waals surface area contributed by atoms with Crippen LogP contribution in [-0.2, 0) is 6.54 Å². The van der Waals surface area contributed by atoms with Crippen molar-refractivity contribution in [3.8, 4) is 0 Å². The molecule has 1 aromatic carbocycles. The van der Waals surface area contributed by atoms with Crippen LogP contribution in [-0.4, -0.2) is 23.8 Å². The normalized spacial score (nSPS) is 21.0. The maximum absolute atomic E-state index is 7.66. The summed E-state index contributed by atoms with van der Waals surface area (Å²) in [5.41, 5.74) is 7.73. The monoisotopic (exact) mass is 259 g/mol. The van der Waals surface area contributed by atoms with Crippen molar-refractivity contribution < 1.29 is 0 Å². The van der Waals surface area contributed by atoms with E-state index in [1.54, 1.807) is 0 Å². The Morgan fingerprint density at radius 1 is 1.32 bits per heavy atom. The van der Waals surface area contributed by atoms with Crippen LogP contribution < -0.4 is 5.73 Å². The zero-order valence-electron chi connectivity index (χ0n) is 11.9. The maximum atomic E-state index is 7.66. The number of benzene rings is 1. The molecule has 3 heteroatoms. The van der Waals surface area contributed by atoms with E-state index in [1.807, 2.05) is 18.2 Å². The first-order chi connectivity index (χ1) is 9.20. The van der Waals surface area contributed by atoms with Gasteiger partial charge < -0.3 is 5.73 Å². The molecule has 3 nitrogen and oxygen atoms in total. The van der Waals surface area contributed by atoms with Crippen LogP contribution in [0.2, 0.25) is 0 Å². The van der Waals surface area contributed by atoms with Crippen LogP contribution in [0.25, 0.3) is 0 Å². The van der Waals surface area contributed by atoms with E-state index >= 15 is 0 Å². The second-order valence-electron chi connectivity index (χ2n) is 5.55. The SMILES string of the molecule is CCC1CCCN(Cc2ccccc2C(=N)N)CC1. The predicted molar refractivity (Wildman–Crippen MR) is 80.4 cm³/mol. The van der Waals surface area contributed by atoms with Crippen LogP contribution in [0.15, 0.2) is 24.3 Å². The fourth-order valence-electron chi connectivity index (χ4n) is 2.95. The second-order valence-corrected chi connectivity index (χ2v) is 5.55. The molecular formula is C16H25N3. The number of hydrogen-bond acceptors (Lipinski definition) is 2. The highest BCUT2D eigenvalue weighted by molar-refractivity contribution is 5.96. The van der Waals surface area contributed by atoms with E-state index in [2.05, 4.69) is 17.9 Å². The van der Waals surface area contributed by atoms with Gasteiger partial charge in [0.05, 0.1) is 0 Å². The van der Waals surface area contributed by atoms with Gasteiger partial charge in [-0.3, -0.25) is 10.3 Å². The molecule has 1 aliphatic rings. The first kappa shape index (κ1) is 14.1. The van der Waals surface area contributed by atoms with Crippen LogP contribution >= 0.6 is 0 Å². The fraction of sp³-hybridized carbons (Fsp3) is 0.562. The molecule has 19 heavy (non-hydrogen) atoms. The van der Waals surface area contributed by atoms with E-state index in [4.69, 9.17) is 11.1 Å². The van der Waals surface area contributed by atoms with E-state index in [0.717, 1.165) is 18.0 Å². The minimum absolute atomic E-state index is 0.178. The molecule has 0 saturated carbocycles. The summed E-state index contributed by atoms with van der Waals surface area (Å²) in [5, 5.41) is 7.66. The van der Waals surface area contributed by atoms with Gasteiger partial charge in [0.2, 0.25) is 0 Å². The molecule has 1 fully saturated rings. The molecule has 0 aliphatic carbocycles. The van der Waals surface area contributed by atoms with Crippen molar-refractivity contribution in [3.63, 3.8) is 0 Å². The Labute approximate surface area is 116 Å². The first-order valence-electron chi connectivity index (χ1n) is 7.35. The topological polar surface area (TPSA) is 53.1 Å². The number of nitrogens with zero attached hydrogens (tertiary/aromatic N) is 1. The van der Waals surface area contributed by atoms with Gasteiger partial charge in [-0.25, -0.2) is 0 Å². The number of amidine groups is 1. The molecule has 104 valence electrons. The van der Waals surface area contributed by atoms with E-state index < -0.39 is 0 Å². The molecule has 1 aromatic rings. The molecule has 2 rings (SSSR count). The third kappa shape index (κ3) is 3.80. The average molecular weight is 259 g/mol. The highest BCUT2D eigenvalue weighted by Gasteiger charge is 2.16. The summed E-state index contributed by atoms with van der Waals surface area (Å²) in [6.07, 6.45) is 5.26. The molecule has 1 heterocycles. The molecule has 0 radical (unpaired) electrons. The maximum Gasteiger partial charge on any atom is 0.123 e. The van der Waals surface area contributed by atoms with Crippen molar-refractivity contribution in [2.75, 3.05) is 13.1 Å². The quantitative estimate of drug-likeness (QED) is 0.645. The largest absolute Gasteiger partial charge is 0.384 e. The van der Waals surface area contributed by atoms with Gasteiger partial charge in [-0.05, 0) is 43.8 Å². The molecule has 1 unspecified atom stereocenters. The van der Waals surface area contributed by atoms with Crippen molar-refractivity contribution in [1.82, 2.24) is 4.90 Å². The third-order valence-corrected chi connectivity index (χ3v) is 4.22. The minimum atomic E-state index is 0.178. The summed E-state index contributed by atoms with van der Waals surface area (Å²) in [6, 6.07) is 8.04. The molecule has 3 N–H and O–H groups in total. The van der Waals surface area contributed by atoms with E-state index in [-0.39, 0.29) is 5.84 Å². The van der Waals surface area contributed by atoms with Crippen LogP contribution in [0.1, 0.15) is 43.7 Å². The summed E-state index contributed by atoms with van der Waals surface area (Å²) < 4.78 is 0. The molecular weight excluding hydrogens is 234 g/mol. The van der Waals surface area contributed by atoms with Gasteiger partial charge in [-0.2, -0.15) is 0 Å². The zero-order chi connectivity index (χ0) is 13.7. The lowest BCUT2D eigenvalue weighted by atomic mass is 9.98. The Kier molecular flexibility index (Phi) is 4.97. The Hall–Kier alpha value is -1.35. The van der Waals surface area contributed by atoms with Gasteiger partial charge in [0.25, 0.3) is 0 Å². The van der Waals surface area contributed by atoms with Crippen LogP contribution in [0.4, 0.5) is 0 Å². The Morgan fingerprint density at radius 3 is 2.84 bits per heavy atom. The molecule has 0 bridgehead atoms. The van der Waals surface area contributed by atoms with E-state index in [9.17, 15) is 0 Å². The van der Waals surface area contributed by atoms with Gasteiger partial charge in [0, 0.05) is 12.1 Å². The van der Waals surface area contributed by atoms with Gasteiger partial charge in [0.15, 0.2) is 0 Å². The highest BCUT2D eigenvalue weighted by atomic mass is 15.1. The van der Waals surface area contributed by atoms with Crippen LogP contribution in [0.3, 0.4) is 0 Å². The van der Waals surface area contributed by atoms with E-state index in [1.165, 1.54) is 44.3 Å². The zero-order valence-corrected chi connectivity index (χ0v) is 11.9. The standard InChI is InChI=1S/C16H25N3/c1-2-13-6-5-10-19(11-9-13)12-14-7-3-4-8-15(14)16(17)18/h3-4,7-8,13H,2,5-6,9-12H2,1H3,(H3,17,18). The Morgan fingerprint density at radius 2 is 2.11 bits per heavy atom. The summed E-state index contributed by atoms with van der Waals surface area (Å²) in [5.74, 6) is 1.07. The summed E-state index contributed by atoms with van der Waals surface area (Å²) in [4.78, 5) is 2.51. The Bertz CT molecular complexity index is 428. The fourth-order valence-corrected chi connectivity index (χ4v) is 2.95. The van der Waals surface area contributed by atoms with Crippen molar-refractivity contribution in [2.45, 2.75) is 39.2 Å². The molecule has 0 spiro atoms. The summed E-state index contributed by atoms with van der Waals surface area (Å²) in [6.45, 7) is 5.56.